The van der Waals surface area contributed by atoms with Gasteiger partial charge < -0.3 is 14.8 Å². The highest BCUT2D eigenvalue weighted by Crippen LogP contribution is 2.25. The largest absolute Gasteiger partial charge is 0.482 e. The van der Waals surface area contributed by atoms with E-state index in [2.05, 4.69) is 5.32 Å². The molecule has 0 aliphatic heterocycles. The maximum atomic E-state index is 12.3. The van der Waals surface area contributed by atoms with E-state index in [-0.39, 0.29) is 12.6 Å². The van der Waals surface area contributed by atoms with Gasteiger partial charge in [-0.15, -0.1) is 11.3 Å². The average molecular weight is 406 g/mol. The molecule has 146 valence electrons. The van der Waals surface area contributed by atoms with Crippen LogP contribution in [0.25, 0.3) is 0 Å². The van der Waals surface area contributed by atoms with Gasteiger partial charge in [0.1, 0.15) is 5.75 Å². The summed E-state index contributed by atoms with van der Waals surface area (Å²) < 4.78 is 10.3. The van der Waals surface area contributed by atoms with Gasteiger partial charge in [0.2, 0.25) is 0 Å². The van der Waals surface area contributed by atoms with Crippen LogP contribution in [0.3, 0.4) is 0 Å². The van der Waals surface area contributed by atoms with Crippen molar-refractivity contribution in [2.24, 2.45) is 0 Å². The van der Waals surface area contributed by atoms with E-state index in [0.717, 1.165) is 10.4 Å². The number of nitrogens with zero attached hydrogens (tertiary/aromatic N) is 1. The van der Waals surface area contributed by atoms with Crippen molar-refractivity contribution in [3.63, 3.8) is 0 Å². The summed E-state index contributed by atoms with van der Waals surface area (Å²) in [5.41, 5.74) is 1.44. The van der Waals surface area contributed by atoms with Crippen LogP contribution in [0.2, 0.25) is 0 Å². The SMILES string of the molecule is N#Cc1ccc(OCC(=O)OCC(=O)N[C@@H](c2ccccc2)c2cccs2)cc1. The van der Waals surface area contributed by atoms with Crippen LogP contribution >= 0.6 is 11.3 Å². The molecular formula is C22H18N2O4S. The lowest BCUT2D eigenvalue weighted by molar-refractivity contribution is -0.150. The van der Waals surface area contributed by atoms with Gasteiger partial charge in [-0.2, -0.15) is 5.26 Å². The average Bonchev–Trinajstić information content (AvgIpc) is 3.30. The van der Waals surface area contributed by atoms with Crippen molar-refractivity contribution in [3.05, 3.63) is 88.1 Å². The van der Waals surface area contributed by atoms with E-state index in [9.17, 15) is 9.59 Å². The van der Waals surface area contributed by atoms with Crippen molar-refractivity contribution in [3.8, 4) is 11.8 Å². The molecule has 0 unspecified atom stereocenters. The Morgan fingerprint density at radius 2 is 1.76 bits per heavy atom. The zero-order valence-corrected chi connectivity index (χ0v) is 16.2. The van der Waals surface area contributed by atoms with Crippen LogP contribution in [0, 0.1) is 11.3 Å². The predicted octanol–water partition coefficient (Wildman–Crippen LogP) is 3.45. The lowest BCUT2D eigenvalue weighted by atomic mass is 10.1. The van der Waals surface area contributed by atoms with E-state index in [1.165, 1.54) is 11.3 Å². The molecule has 1 amide bonds. The maximum Gasteiger partial charge on any atom is 0.344 e. The molecule has 3 rings (SSSR count). The summed E-state index contributed by atoms with van der Waals surface area (Å²) in [6, 6.07) is 21.5. The minimum absolute atomic E-state index is 0.308. The Morgan fingerprint density at radius 1 is 1.00 bits per heavy atom. The van der Waals surface area contributed by atoms with Gasteiger partial charge in [0, 0.05) is 4.88 Å². The third-order valence-corrected chi connectivity index (χ3v) is 4.91. The van der Waals surface area contributed by atoms with Crippen molar-refractivity contribution >= 4 is 23.2 Å². The number of amides is 1. The number of thiophene rings is 1. The first-order chi connectivity index (χ1) is 14.2. The highest BCUT2D eigenvalue weighted by atomic mass is 32.1. The van der Waals surface area contributed by atoms with Gasteiger partial charge in [-0.25, -0.2) is 4.79 Å². The van der Waals surface area contributed by atoms with E-state index in [1.807, 2.05) is 53.9 Å². The quantitative estimate of drug-likeness (QED) is 0.579. The smallest absolute Gasteiger partial charge is 0.344 e. The highest BCUT2D eigenvalue weighted by Gasteiger charge is 2.18. The molecule has 0 fully saturated rings. The normalized spacial score (nSPS) is 11.1. The second-order valence-corrected chi connectivity index (χ2v) is 6.99. The van der Waals surface area contributed by atoms with Gasteiger partial charge in [-0.3, -0.25) is 4.79 Å². The fraction of sp³-hybridized carbons (Fsp3) is 0.136. The topological polar surface area (TPSA) is 88.4 Å². The molecular weight excluding hydrogens is 388 g/mol. The molecule has 0 spiro atoms. The van der Waals surface area contributed by atoms with Crippen molar-refractivity contribution in [2.75, 3.05) is 13.2 Å². The molecule has 0 radical (unpaired) electrons. The third-order valence-electron chi connectivity index (χ3n) is 3.97. The fourth-order valence-electron chi connectivity index (χ4n) is 2.58. The number of carbonyl (C=O) groups excluding carboxylic acids is 2. The second kappa shape index (κ2) is 10.1. The Morgan fingerprint density at radius 3 is 2.41 bits per heavy atom. The van der Waals surface area contributed by atoms with Crippen LogP contribution in [-0.4, -0.2) is 25.1 Å². The first kappa shape index (κ1) is 20.1. The lowest BCUT2D eigenvalue weighted by Gasteiger charge is -2.18. The molecule has 3 aromatic rings. The molecule has 1 aromatic heterocycles. The summed E-state index contributed by atoms with van der Waals surface area (Å²) in [7, 11) is 0. The van der Waals surface area contributed by atoms with Gasteiger partial charge in [-0.05, 0) is 41.3 Å². The van der Waals surface area contributed by atoms with Gasteiger partial charge in [0.25, 0.3) is 5.91 Å². The summed E-state index contributed by atoms with van der Waals surface area (Å²) in [4.78, 5) is 25.2. The van der Waals surface area contributed by atoms with Crippen LogP contribution in [0.4, 0.5) is 0 Å². The van der Waals surface area contributed by atoms with Crippen molar-refractivity contribution in [2.45, 2.75) is 6.04 Å². The Labute approximate surface area is 172 Å². The summed E-state index contributed by atoms with van der Waals surface area (Å²) in [5.74, 6) is -0.622. The Kier molecular flexibility index (Phi) is 6.98. The Hall–Kier alpha value is -3.63. The molecule has 6 nitrogen and oxygen atoms in total. The maximum absolute atomic E-state index is 12.3. The summed E-state index contributed by atoms with van der Waals surface area (Å²) >= 11 is 1.54. The van der Waals surface area contributed by atoms with Gasteiger partial charge >= 0.3 is 5.97 Å². The molecule has 0 aliphatic carbocycles. The van der Waals surface area contributed by atoms with Crippen molar-refractivity contribution in [1.29, 1.82) is 5.26 Å². The molecule has 0 aliphatic rings. The zero-order chi connectivity index (χ0) is 20.5. The molecule has 29 heavy (non-hydrogen) atoms. The van der Waals surface area contributed by atoms with E-state index in [1.54, 1.807) is 24.3 Å². The lowest BCUT2D eigenvalue weighted by Crippen LogP contribution is -2.33. The first-order valence-electron chi connectivity index (χ1n) is 8.82. The molecule has 1 atom stereocenters. The monoisotopic (exact) mass is 406 g/mol. The number of carbonyl (C=O) groups is 2. The van der Waals surface area contributed by atoms with E-state index in [0.29, 0.717) is 11.3 Å². The number of nitrogens with one attached hydrogen (secondary N) is 1. The van der Waals surface area contributed by atoms with Crippen LogP contribution in [0.5, 0.6) is 5.75 Å². The van der Waals surface area contributed by atoms with Gasteiger partial charge in [0.05, 0.1) is 17.7 Å². The number of rotatable bonds is 8. The highest BCUT2D eigenvalue weighted by molar-refractivity contribution is 7.10. The Bertz CT molecular complexity index is 980. The predicted molar refractivity (Wildman–Crippen MR) is 108 cm³/mol. The van der Waals surface area contributed by atoms with Crippen LogP contribution < -0.4 is 10.1 Å². The number of benzene rings is 2. The van der Waals surface area contributed by atoms with Crippen LogP contribution in [0.1, 0.15) is 22.0 Å². The standard InChI is InChI=1S/C22H18N2O4S/c23-13-16-8-10-18(11-9-16)27-15-21(26)28-14-20(25)24-22(19-7-4-12-29-19)17-5-2-1-3-6-17/h1-12,22H,14-15H2,(H,24,25)/t22-/m0/s1. The molecule has 0 saturated carbocycles. The van der Waals surface area contributed by atoms with Gasteiger partial charge in [0.15, 0.2) is 13.2 Å². The minimum atomic E-state index is -0.656. The van der Waals surface area contributed by atoms with E-state index in [4.69, 9.17) is 14.7 Å². The summed E-state index contributed by atoms with van der Waals surface area (Å²) in [6.45, 7) is -0.726. The molecule has 2 aromatic carbocycles. The molecule has 0 bridgehead atoms. The molecule has 1 N–H and O–H groups in total. The number of ether oxygens (including phenoxy) is 2. The van der Waals surface area contributed by atoms with E-state index >= 15 is 0 Å². The number of hydrogen-bond donors (Lipinski definition) is 1. The summed E-state index contributed by atoms with van der Waals surface area (Å²) in [6.07, 6.45) is 0. The number of hydrogen-bond acceptors (Lipinski definition) is 6. The molecule has 1 heterocycles. The van der Waals surface area contributed by atoms with Crippen LogP contribution in [0.15, 0.2) is 72.1 Å². The second-order valence-electron chi connectivity index (χ2n) is 6.01. The molecule has 7 heteroatoms. The first-order valence-corrected chi connectivity index (χ1v) is 9.70. The fourth-order valence-corrected chi connectivity index (χ4v) is 3.38. The molecule has 0 saturated heterocycles. The van der Waals surface area contributed by atoms with Crippen molar-refractivity contribution < 1.29 is 19.1 Å². The van der Waals surface area contributed by atoms with E-state index < -0.39 is 18.5 Å². The van der Waals surface area contributed by atoms with Crippen LogP contribution in [-0.2, 0) is 14.3 Å². The number of nitriles is 1. The minimum Gasteiger partial charge on any atom is -0.482 e. The zero-order valence-electron chi connectivity index (χ0n) is 15.4. The number of esters is 1. The third kappa shape index (κ3) is 5.92. The Balaban J connectivity index is 1.50. The summed E-state index contributed by atoms with van der Waals surface area (Å²) in [5, 5.41) is 13.6. The van der Waals surface area contributed by atoms with Crippen molar-refractivity contribution in [1.82, 2.24) is 5.32 Å². The van der Waals surface area contributed by atoms with Gasteiger partial charge in [-0.1, -0.05) is 36.4 Å².